The molecular formula is C3H3F5. The Morgan fingerprint density at radius 1 is 0.625 bits per heavy atom. The summed E-state index contributed by atoms with van der Waals surface area (Å²) in [5.41, 5.74) is 0. The van der Waals surface area contributed by atoms with Crippen LogP contribution in [0.25, 0.3) is 0 Å². The van der Waals surface area contributed by atoms with E-state index in [-0.39, 0.29) is 0 Å². The van der Waals surface area contributed by atoms with Gasteiger partial charge in [-0.05, 0) is 0 Å². The van der Waals surface area contributed by atoms with Crippen LogP contribution in [0, 0.1) is 0 Å². The Labute approximate surface area is 42.3 Å². The van der Waals surface area contributed by atoms with Crippen LogP contribution in [0.4, 0.5) is 22.0 Å². The van der Waals surface area contributed by atoms with E-state index < -0.39 is 19.0 Å². The van der Waals surface area contributed by atoms with Crippen molar-refractivity contribution in [1.29, 1.82) is 0 Å². The van der Waals surface area contributed by atoms with Crippen molar-refractivity contribution in [3.63, 3.8) is 0 Å². The lowest BCUT2D eigenvalue weighted by molar-refractivity contribution is -0.0456. The second-order valence-electron chi connectivity index (χ2n) is 1.11. The highest BCUT2D eigenvalue weighted by Gasteiger charge is 2.28. The van der Waals surface area contributed by atoms with Gasteiger partial charge in [-0.25, -0.2) is 22.0 Å². The molecule has 0 aliphatic rings. The van der Waals surface area contributed by atoms with Crippen LogP contribution in [-0.2, 0) is 0 Å². The van der Waals surface area contributed by atoms with Gasteiger partial charge in [0, 0.05) is 0 Å². The van der Waals surface area contributed by atoms with Gasteiger partial charge >= 0.3 is 0 Å². The maximum absolute atomic E-state index is 11.1. The minimum atomic E-state index is -3.57. The van der Waals surface area contributed by atoms with E-state index in [1.54, 1.807) is 0 Å². The van der Waals surface area contributed by atoms with Crippen molar-refractivity contribution < 1.29 is 22.0 Å². The van der Waals surface area contributed by atoms with Gasteiger partial charge in [0.15, 0.2) is 0 Å². The van der Waals surface area contributed by atoms with Crippen molar-refractivity contribution in [3.05, 3.63) is 0 Å². The number of hydrogen-bond acceptors (Lipinski definition) is 0. The van der Waals surface area contributed by atoms with Crippen LogP contribution in [0.15, 0.2) is 0 Å². The Balaban J connectivity index is 3.46. The molecule has 0 fully saturated rings. The van der Waals surface area contributed by atoms with Crippen molar-refractivity contribution in [1.82, 2.24) is 0 Å². The molecule has 0 atom stereocenters. The molecule has 0 aliphatic heterocycles. The van der Waals surface area contributed by atoms with Gasteiger partial charge in [-0.15, -0.1) is 0 Å². The summed E-state index contributed by atoms with van der Waals surface area (Å²) < 4.78 is 54.4. The van der Waals surface area contributed by atoms with Gasteiger partial charge in [0.05, 0.1) is 0 Å². The summed E-state index contributed by atoms with van der Waals surface area (Å²) in [5.74, 6) is 0. The molecule has 0 amide bonds. The van der Waals surface area contributed by atoms with Crippen molar-refractivity contribution in [3.8, 4) is 0 Å². The first-order valence-electron chi connectivity index (χ1n) is 1.76. The molecule has 0 aromatic carbocycles. The molecule has 0 radical (unpaired) electrons. The highest BCUT2D eigenvalue weighted by molar-refractivity contribution is 4.59. The van der Waals surface area contributed by atoms with E-state index in [2.05, 4.69) is 0 Å². The zero-order valence-electron chi connectivity index (χ0n) is 3.62. The SMILES string of the molecule is FC(F)C(F)C(F)F. The first-order chi connectivity index (χ1) is 3.55. The quantitative estimate of drug-likeness (QED) is 0.505. The predicted molar refractivity (Wildman–Crippen MR) is 16.9 cm³/mol. The van der Waals surface area contributed by atoms with Crippen LogP contribution in [0.1, 0.15) is 0 Å². The lowest BCUT2D eigenvalue weighted by Crippen LogP contribution is -2.20. The van der Waals surface area contributed by atoms with Crippen LogP contribution in [-0.4, -0.2) is 19.0 Å². The molecular weight excluding hydrogens is 131 g/mol. The molecule has 0 unspecified atom stereocenters. The van der Waals surface area contributed by atoms with Gasteiger partial charge in [0.1, 0.15) is 0 Å². The smallest absolute Gasteiger partial charge is 0.235 e. The van der Waals surface area contributed by atoms with Crippen molar-refractivity contribution >= 4 is 0 Å². The van der Waals surface area contributed by atoms with E-state index in [0.717, 1.165) is 0 Å². The van der Waals surface area contributed by atoms with Crippen LogP contribution >= 0.6 is 0 Å². The maximum atomic E-state index is 11.1. The fourth-order valence-corrected chi connectivity index (χ4v) is 0.110. The minimum absolute atomic E-state index is 3.30. The number of hydrogen-bond donors (Lipinski definition) is 0. The maximum Gasteiger partial charge on any atom is 0.275 e. The van der Waals surface area contributed by atoms with Crippen molar-refractivity contribution in [2.24, 2.45) is 0 Å². The second-order valence-corrected chi connectivity index (χ2v) is 1.11. The Morgan fingerprint density at radius 2 is 0.875 bits per heavy atom. The van der Waals surface area contributed by atoms with E-state index in [4.69, 9.17) is 0 Å². The van der Waals surface area contributed by atoms with Gasteiger partial charge in [-0.3, -0.25) is 0 Å². The molecule has 0 spiro atoms. The number of alkyl halides is 5. The lowest BCUT2D eigenvalue weighted by Gasteiger charge is -2.02. The summed E-state index contributed by atoms with van der Waals surface area (Å²) >= 11 is 0. The van der Waals surface area contributed by atoms with Gasteiger partial charge in [-0.2, -0.15) is 0 Å². The van der Waals surface area contributed by atoms with Gasteiger partial charge in [-0.1, -0.05) is 0 Å². The topological polar surface area (TPSA) is 0 Å². The van der Waals surface area contributed by atoms with E-state index in [9.17, 15) is 22.0 Å². The Morgan fingerprint density at radius 3 is 0.875 bits per heavy atom. The average Bonchev–Trinajstić information content (AvgIpc) is 1.64. The highest BCUT2D eigenvalue weighted by atomic mass is 19.3. The van der Waals surface area contributed by atoms with Gasteiger partial charge < -0.3 is 0 Å². The molecule has 0 saturated heterocycles. The van der Waals surface area contributed by atoms with E-state index in [1.165, 1.54) is 0 Å². The standard InChI is InChI=1S/C3H3F5/c4-1(2(5)6)3(7)8/h1-3H. The Hall–Kier alpha value is -0.350. The van der Waals surface area contributed by atoms with Crippen LogP contribution in [0.2, 0.25) is 0 Å². The molecule has 0 saturated carbocycles. The molecule has 50 valence electrons. The summed E-state index contributed by atoms with van der Waals surface area (Å²) in [6, 6.07) is 0. The monoisotopic (exact) mass is 134 g/mol. The predicted octanol–water partition coefficient (Wildman–Crippen LogP) is 1.85. The molecule has 0 nitrogen and oxygen atoms in total. The zero-order chi connectivity index (χ0) is 6.73. The summed E-state index contributed by atoms with van der Waals surface area (Å²) in [4.78, 5) is 0. The summed E-state index contributed by atoms with van der Waals surface area (Å²) in [6.45, 7) is 0. The fourth-order valence-electron chi connectivity index (χ4n) is 0.110. The average molecular weight is 134 g/mol. The minimum Gasteiger partial charge on any atom is -0.235 e. The van der Waals surface area contributed by atoms with Gasteiger partial charge in [0.25, 0.3) is 12.9 Å². The fraction of sp³-hybridized carbons (Fsp3) is 1.00. The molecule has 5 heteroatoms. The van der Waals surface area contributed by atoms with Crippen LogP contribution < -0.4 is 0 Å². The normalized spacial score (nSPS) is 12.0. The number of rotatable bonds is 2. The third-order valence-electron chi connectivity index (χ3n) is 0.481. The molecule has 8 heavy (non-hydrogen) atoms. The summed E-state index contributed by atoms with van der Waals surface area (Å²) in [7, 11) is 0. The molecule has 0 rings (SSSR count). The van der Waals surface area contributed by atoms with E-state index >= 15 is 0 Å². The summed E-state index contributed by atoms with van der Waals surface area (Å²) in [5, 5.41) is 0. The molecule has 0 aliphatic carbocycles. The summed E-state index contributed by atoms with van der Waals surface area (Å²) in [6.07, 6.45) is -10.4. The Kier molecular flexibility index (Phi) is 2.71. The second kappa shape index (κ2) is 2.84. The zero-order valence-corrected chi connectivity index (χ0v) is 3.62. The molecule has 0 N–H and O–H groups in total. The van der Waals surface area contributed by atoms with Crippen molar-refractivity contribution in [2.45, 2.75) is 19.0 Å². The third-order valence-corrected chi connectivity index (χ3v) is 0.481. The first-order valence-corrected chi connectivity index (χ1v) is 1.76. The largest absolute Gasteiger partial charge is 0.275 e. The molecule has 0 bridgehead atoms. The third kappa shape index (κ3) is 2.09. The van der Waals surface area contributed by atoms with Crippen molar-refractivity contribution in [2.75, 3.05) is 0 Å². The first kappa shape index (κ1) is 7.65. The van der Waals surface area contributed by atoms with Crippen LogP contribution in [0.5, 0.6) is 0 Å². The molecule has 0 aromatic rings. The Bertz CT molecular complexity index is 52.7. The van der Waals surface area contributed by atoms with E-state index in [0.29, 0.717) is 0 Å². The van der Waals surface area contributed by atoms with E-state index in [1.807, 2.05) is 0 Å². The molecule has 0 aromatic heterocycles. The van der Waals surface area contributed by atoms with Crippen LogP contribution in [0.3, 0.4) is 0 Å². The van der Waals surface area contributed by atoms with Gasteiger partial charge in [0.2, 0.25) is 6.17 Å². The highest BCUT2D eigenvalue weighted by Crippen LogP contribution is 2.13. The number of halogens is 5. The molecule has 0 heterocycles. The lowest BCUT2D eigenvalue weighted by atomic mass is 10.4.